The van der Waals surface area contributed by atoms with Crippen LogP contribution in [0, 0.1) is 6.92 Å². The van der Waals surface area contributed by atoms with Gasteiger partial charge in [-0.1, -0.05) is 25.0 Å². The first-order chi connectivity index (χ1) is 8.01. The first-order valence-corrected chi connectivity index (χ1v) is 5.42. The van der Waals surface area contributed by atoms with Crippen molar-refractivity contribution in [3.63, 3.8) is 0 Å². The van der Waals surface area contributed by atoms with Gasteiger partial charge in [0.15, 0.2) is 5.21 Å². The summed E-state index contributed by atoms with van der Waals surface area (Å²) in [6.07, 6.45) is 3.03. The molecule has 0 bridgehead atoms. The van der Waals surface area contributed by atoms with Crippen molar-refractivity contribution in [1.29, 1.82) is 0 Å². The van der Waals surface area contributed by atoms with Crippen LogP contribution >= 0.6 is 0 Å². The Kier molecular flexibility index (Phi) is 7.40. The van der Waals surface area contributed by atoms with E-state index in [1.54, 1.807) is 27.4 Å². The zero-order chi connectivity index (χ0) is 13.3. The molecular weight excluding hydrogens is 220 g/mol. The molecule has 0 N–H and O–H groups in total. The average Bonchev–Trinajstić information content (AvgIpc) is 2.80. The molecule has 0 aliphatic carbocycles. The van der Waals surface area contributed by atoms with Gasteiger partial charge in [-0.2, -0.15) is 0 Å². The summed E-state index contributed by atoms with van der Waals surface area (Å²) in [5, 5.41) is 17.9. The van der Waals surface area contributed by atoms with E-state index in [4.69, 9.17) is 0 Å². The quantitative estimate of drug-likeness (QED) is 0.585. The smallest absolute Gasteiger partial charge is 0.233 e. The summed E-state index contributed by atoms with van der Waals surface area (Å²) >= 11 is 0. The van der Waals surface area contributed by atoms with Gasteiger partial charge in [0, 0.05) is 7.05 Å². The molecule has 8 nitrogen and oxygen atoms in total. The van der Waals surface area contributed by atoms with Gasteiger partial charge in [0.1, 0.15) is 11.0 Å². The fraction of sp³-hybridized carbons (Fsp3) is 0.778. The lowest BCUT2D eigenvalue weighted by atomic mass is 10.6. The molecule has 0 saturated heterocycles. The maximum Gasteiger partial charge on any atom is 0.243 e. The second-order valence-corrected chi connectivity index (χ2v) is 3.50. The van der Waals surface area contributed by atoms with Crippen LogP contribution in [0.1, 0.15) is 26.1 Å². The zero-order valence-corrected chi connectivity index (χ0v) is 11.4. The van der Waals surface area contributed by atoms with Gasteiger partial charge in [0.05, 0.1) is 14.1 Å². The van der Waals surface area contributed by atoms with E-state index in [1.165, 1.54) is 6.42 Å². The Bertz CT molecular complexity index is 372. The molecule has 0 aliphatic heterocycles. The number of aromatic nitrogens is 8. The predicted molar refractivity (Wildman–Crippen MR) is 61.7 cm³/mol. The molecular formula is C9H21N8+. The normalized spacial score (nSPS) is 8.82. The Balaban J connectivity index is 0.000000247. The van der Waals surface area contributed by atoms with E-state index in [0.29, 0.717) is 0 Å². The molecule has 0 atom stereocenters. The molecule has 2 rings (SSSR count). The van der Waals surface area contributed by atoms with E-state index >= 15 is 0 Å². The minimum Gasteiger partial charge on any atom is -0.233 e. The number of tetrazole rings is 2. The van der Waals surface area contributed by atoms with Crippen LogP contribution in [0.3, 0.4) is 0 Å². The van der Waals surface area contributed by atoms with E-state index in [0.717, 1.165) is 5.82 Å². The molecule has 2 aromatic heterocycles. The van der Waals surface area contributed by atoms with Crippen LogP contribution < -0.4 is 4.68 Å². The monoisotopic (exact) mass is 241 g/mol. The van der Waals surface area contributed by atoms with Crippen molar-refractivity contribution >= 4 is 0 Å². The predicted octanol–water partition coefficient (Wildman–Crippen LogP) is -0.426. The summed E-state index contributed by atoms with van der Waals surface area (Å²) in [4.78, 5) is 0. The third-order valence-corrected chi connectivity index (χ3v) is 1.49. The molecule has 8 heteroatoms. The minimum atomic E-state index is 0.833. The fourth-order valence-corrected chi connectivity index (χ4v) is 0.688. The molecule has 2 aromatic rings. The summed E-state index contributed by atoms with van der Waals surface area (Å²) in [6.45, 7) is 6.10. The van der Waals surface area contributed by atoms with Crippen molar-refractivity contribution in [3.05, 3.63) is 12.2 Å². The second-order valence-electron chi connectivity index (χ2n) is 3.50. The van der Waals surface area contributed by atoms with Crippen molar-refractivity contribution in [2.75, 3.05) is 0 Å². The minimum absolute atomic E-state index is 0.833. The van der Waals surface area contributed by atoms with Crippen molar-refractivity contribution in [2.45, 2.75) is 27.2 Å². The summed E-state index contributed by atoms with van der Waals surface area (Å²) in [5.41, 5.74) is 0. The standard InChI is InChI=1S/C3H7N4.C3H6N4.C3H8/c1-6-3-7(2)5-4-6;1-3-4-5-6-7(3)2;1-3-2/h3H,1-2H3;1-2H3;3H2,1-2H3/q+1;;. The maximum atomic E-state index is 3.65. The molecule has 0 aromatic carbocycles. The van der Waals surface area contributed by atoms with E-state index in [-0.39, 0.29) is 0 Å². The van der Waals surface area contributed by atoms with Crippen molar-refractivity contribution in [3.8, 4) is 0 Å². The fourth-order valence-electron chi connectivity index (χ4n) is 0.688. The van der Waals surface area contributed by atoms with Gasteiger partial charge >= 0.3 is 0 Å². The van der Waals surface area contributed by atoms with Crippen LogP contribution in [0.2, 0.25) is 0 Å². The highest BCUT2D eigenvalue weighted by atomic mass is 15.6. The molecule has 96 valence electrons. The number of rotatable bonds is 0. The molecule has 0 aliphatic rings. The second kappa shape index (κ2) is 8.31. The first kappa shape index (κ1) is 15.1. The van der Waals surface area contributed by atoms with E-state index in [2.05, 4.69) is 39.8 Å². The van der Waals surface area contributed by atoms with Crippen LogP contribution in [-0.4, -0.2) is 35.3 Å². The third kappa shape index (κ3) is 7.09. The number of nitrogens with zero attached hydrogens (tertiary/aromatic N) is 8. The first-order valence-electron chi connectivity index (χ1n) is 5.42. The lowest BCUT2D eigenvalue weighted by Crippen LogP contribution is -2.28. The van der Waals surface area contributed by atoms with Crippen LogP contribution in [-0.2, 0) is 21.1 Å². The highest BCUT2D eigenvalue weighted by molar-refractivity contribution is 4.69. The van der Waals surface area contributed by atoms with E-state index in [1.807, 2.05) is 21.0 Å². The molecule has 0 radical (unpaired) electrons. The Morgan fingerprint density at radius 1 is 1.24 bits per heavy atom. The molecule has 0 fully saturated rings. The van der Waals surface area contributed by atoms with E-state index < -0.39 is 0 Å². The Hall–Kier alpha value is -1.86. The zero-order valence-electron chi connectivity index (χ0n) is 11.4. The summed E-state index contributed by atoms with van der Waals surface area (Å²) in [5.74, 6) is 0.833. The van der Waals surface area contributed by atoms with Gasteiger partial charge in [-0.3, -0.25) is 0 Å². The van der Waals surface area contributed by atoms with Gasteiger partial charge in [-0.05, 0) is 17.4 Å². The topological polar surface area (TPSA) is 78.2 Å². The van der Waals surface area contributed by atoms with Crippen LogP contribution in [0.25, 0.3) is 0 Å². The summed E-state index contributed by atoms with van der Waals surface area (Å²) < 4.78 is 4.89. The van der Waals surface area contributed by atoms with E-state index in [9.17, 15) is 0 Å². The van der Waals surface area contributed by atoms with Gasteiger partial charge in [0.25, 0.3) is 0 Å². The Labute approximate surface area is 101 Å². The highest BCUT2D eigenvalue weighted by Crippen LogP contribution is 1.78. The highest BCUT2D eigenvalue weighted by Gasteiger charge is 1.92. The van der Waals surface area contributed by atoms with Gasteiger partial charge in [-0.15, -0.1) is 9.78 Å². The third-order valence-electron chi connectivity index (χ3n) is 1.49. The number of aryl methyl sites for hydroxylation is 4. The van der Waals surface area contributed by atoms with Gasteiger partial charge < -0.3 is 0 Å². The Morgan fingerprint density at radius 2 is 1.82 bits per heavy atom. The van der Waals surface area contributed by atoms with Crippen LogP contribution in [0.4, 0.5) is 0 Å². The van der Waals surface area contributed by atoms with Gasteiger partial charge in [-0.25, -0.2) is 4.68 Å². The largest absolute Gasteiger partial charge is 0.243 e. The van der Waals surface area contributed by atoms with Crippen molar-refractivity contribution in [1.82, 2.24) is 35.3 Å². The number of hydrogen-bond acceptors (Lipinski definition) is 5. The van der Waals surface area contributed by atoms with Crippen LogP contribution in [0.5, 0.6) is 0 Å². The molecule has 0 amide bonds. The summed E-state index contributed by atoms with van der Waals surface area (Å²) in [7, 11) is 5.45. The van der Waals surface area contributed by atoms with Crippen molar-refractivity contribution < 1.29 is 4.68 Å². The molecule has 2 heterocycles. The molecule has 0 saturated carbocycles. The lowest BCUT2D eigenvalue weighted by Gasteiger charge is -1.81. The Morgan fingerprint density at radius 3 is 1.94 bits per heavy atom. The van der Waals surface area contributed by atoms with Crippen LogP contribution in [0.15, 0.2) is 6.33 Å². The molecule has 0 spiro atoms. The SMILES string of the molecule is CCC.Cc1nnnn1C.Cn1c[n+](C)nn1. The molecule has 0 unspecified atom stereocenters. The average molecular weight is 241 g/mol. The molecule has 17 heavy (non-hydrogen) atoms. The van der Waals surface area contributed by atoms with Crippen molar-refractivity contribution in [2.24, 2.45) is 21.1 Å². The maximum absolute atomic E-state index is 3.65. The van der Waals surface area contributed by atoms with Gasteiger partial charge in [0.2, 0.25) is 6.33 Å². The lowest BCUT2D eigenvalue weighted by molar-refractivity contribution is -0.731. The number of hydrogen-bond donors (Lipinski definition) is 0. The summed E-state index contributed by atoms with van der Waals surface area (Å²) in [6, 6.07) is 0.